The van der Waals surface area contributed by atoms with E-state index in [1.165, 1.54) is 44.9 Å². The molecule has 4 fully saturated rings. The SMILES string of the molecule is CC1CCC2C3CCC4CC(=O)CCCC4(C)C3CCC12N. The molecule has 7 unspecified atom stereocenters. The van der Waals surface area contributed by atoms with Gasteiger partial charge in [0.2, 0.25) is 0 Å². The molecule has 124 valence electrons. The van der Waals surface area contributed by atoms with Crippen molar-refractivity contribution in [3.63, 3.8) is 0 Å². The van der Waals surface area contributed by atoms with Gasteiger partial charge in [0.15, 0.2) is 0 Å². The van der Waals surface area contributed by atoms with Gasteiger partial charge in [-0.2, -0.15) is 0 Å². The molecule has 0 bridgehead atoms. The Labute approximate surface area is 135 Å². The predicted molar refractivity (Wildman–Crippen MR) is 89.3 cm³/mol. The molecule has 4 aliphatic rings. The van der Waals surface area contributed by atoms with Crippen LogP contribution in [0.1, 0.15) is 78.1 Å². The van der Waals surface area contributed by atoms with E-state index in [9.17, 15) is 4.79 Å². The molecule has 0 aromatic rings. The van der Waals surface area contributed by atoms with Gasteiger partial charge in [-0.05, 0) is 86.4 Å². The minimum absolute atomic E-state index is 0.130. The third-order valence-electron chi connectivity index (χ3n) is 8.71. The molecule has 0 aromatic carbocycles. The summed E-state index contributed by atoms with van der Waals surface area (Å²) in [5, 5.41) is 0. The van der Waals surface area contributed by atoms with Crippen LogP contribution in [0.3, 0.4) is 0 Å². The second-order valence-corrected chi connectivity index (χ2v) is 9.38. The van der Waals surface area contributed by atoms with Crippen LogP contribution in [0.4, 0.5) is 0 Å². The summed E-state index contributed by atoms with van der Waals surface area (Å²) in [4.78, 5) is 12.1. The summed E-state index contributed by atoms with van der Waals surface area (Å²) >= 11 is 0. The second kappa shape index (κ2) is 5.06. The van der Waals surface area contributed by atoms with Crippen molar-refractivity contribution in [1.82, 2.24) is 0 Å². The molecule has 0 spiro atoms. The number of fused-ring (bicyclic) bond motifs is 5. The Hall–Kier alpha value is -0.370. The molecular weight excluding hydrogens is 270 g/mol. The fourth-order valence-electron chi connectivity index (χ4n) is 7.29. The van der Waals surface area contributed by atoms with Crippen molar-refractivity contribution in [1.29, 1.82) is 0 Å². The summed E-state index contributed by atoms with van der Waals surface area (Å²) < 4.78 is 0. The van der Waals surface area contributed by atoms with E-state index in [-0.39, 0.29) is 5.54 Å². The lowest BCUT2D eigenvalue weighted by Crippen LogP contribution is -2.59. The number of Topliss-reactive ketones (excluding diaryl/α,β-unsaturated/α-hetero) is 1. The van der Waals surface area contributed by atoms with Gasteiger partial charge in [0.1, 0.15) is 5.78 Å². The van der Waals surface area contributed by atoms with Crippen molar-refractivity contribution in [2.24, 2.45) is 40.7 Å². The number of hydrogen-bond acceptors (Lipinski definition) is 2. The highest BCUT2D eigenvalue weighted by Gasteiger charge is 2.59. The molecule has 2 N–H and O–H groups in total. The molecule has 22 heavy (non-hydrogen) atoms. The Balaban J connectivity index is 1.64. The van der Waals surface area contributed by atoms with Crippen molar-refractivity contribution >= 4 is 5.78 Å². The predicted octanol–water partition coefficient (Wildman–Crippen LogP) is 4.32. The number of ketones is 1. The van der Waals surface area contributed by atoms with E-state index in [0.29, 0.717) is 23.0 Å². The molecule has 4 saturated carbocycles. The van der Waals surface area contributed by atoms with Gasteiger partial charge in [-0.25, -0.2) is 0 Å². The summed E-state index contributed by atoms with van der Waals surface area (Å²) in [6.07, 6.45) is 12.0. The Morgan fingerprint density at radius 3 is 2.68 bits per heavy atom. The van der Waals surface area contributed by atoms with Gasteiger partial charge in [0, 0.05) is 18.4 Å². The number of nitrogens with two attached hydrogens (primary N) is 1. The number of carbonyl (C=O) groups is 1. The zero-order valence-corrected chi connectivity index (χ0v) is 14.4. The van der Waals surface area contributed by atoms with E-state index in [1.807, 2.05) is 0 Å². The Bertz CT molecular complexity index is 474. The monoisotopic (exact) mass is 303 g/mol. The van der Waals surface area contributed by atoms with E-state index in [4.69, 9.17) is 5.73 Å². The average Bonchev–Trinajstić information content (AvgIpc) is 2.68. The molecule has 0 saturated heterocycles. The quantitative estimate of drug-likeness (QED) is 0.724. The first-order valence-corrected chi connectivity index (χ1v) is 9.76. The fourth-order valence-corrected chi connectivity index (χ4v) is 7.29. The van der Waals surface area contributed by atoms with Crippen LogP contribution < -0.4 is 5.73 Å². The molecule has 2 nitrogen and oxygen atoms in total. The minimum Gasteiger partial charge on any atom is -0.325 e. The van der Waals surface area contributed by atoms with Crippen LogP contribution in [0.5, 0.6) is 0 Å². The topological polar surface area (TPSA) is 43.1 Å². The summed E-state index contributed by atoms with van der Waals surface area (Å²) in [5.41, 5.74) is 7.47. The molecule has 0 aromatic heterocycles. The first-order valence-electron chi connectivity index (χ1n) is 9.76. The maximum absolute atomic E-state index is 12.1. The van der Waals surface area contributed by atoms with Crippen LogP contribution in [-0.2, 0) is 4.79 Å². The van der Waals surface area contributed by atoms with Crippen LogP contribution in [0.2, 0.25) is 0 Å². The van der Waals surface area contributed by atoms with Crippen molar-refractivity contribution < 1.29 is 4.79 Å². The first kappa shape index (κ1) is 15.2. The molecule has 4 aliphatic carbocycles. The highest BCUT2D eigenvalue weighted by atomic mass is 16.1. The molecular formula is C20H33NO. The molecule has 0 heterocycles. The molecule has 2 heteroatoms. The average molecular weight is 303 g/mol. The van der Waals surface area contributed by atoms with Crippen molar-refractivity contribution in [2.45, 2.75) is 83.6 Å². The molecule has 7 atom stereocenters. The molecule has 0 aliphatic heterocycles. The molecule has 0 amide bonds. The number of hydrogen-bond donors (Lipinski definition) is 1. The van der Waals surface area contributed by atoms with Gasteiger partial charge in [0.05, 0.1) is 0 Å². The lowest BCUT2D eigenvalue weighted by molar-refractivity contribution is -0.122. The van der Waals surface area contributed by atoms with Crippen LogP contribution >= 0.6 is 0 Å². The van der Waals surface area contributed by atoms with Gasteiger partial charge >= 0.3 is 0 Å². The lowest BCUT2D eigenvalue weighted by Gasteiger charge is -2.58. The highest BCUT2D eigenvalue weighted by Crippen LogP contribution is 2.63. The van der Waals surface area contributed by atoms with Gasteiger partial charge < -0.3 is 5.73 Å². The van der Waals surface area contributed by atoms with Crippen LogP contribution in [-0.4, -0.2) is 11.3 Å². The van der Waals surface area contributed by atoms with Gasteiger partial charge in [-0.3, -0.25) is 4.79 Å². The van der Waals surface area contributed by atoms with Crippen LogP contribution in [0.15, 0.2) is 0 Å². The third-order valence-corrected chi connectivity index (χ3v) is 8.71. The molecule has 4 rings (SSSR count). The normalized spacial score (nSPS) is 55.0. The summed E-state index contributed by atoms with van der Waals surface area (Å²) in [7, 11) is 0. The van der Waals surface area contributed by atoms with E-state index < -0.39 is 0 Å². The first-order chi connectivity index (χ1) is 10.4. The molecule has 0 radical (unpaired) electrons. The smallest absolute Gasteiger partial charge is 0.133 e. The standard InChI is InChI=1S/C20H33NO/c1-13-5-8-18-16-7-6-14-12-15(22)4-3-10-19(14,2)17(16)9-11-20(13,18)21/h13-14,16-18H,3-12,21H2,1-2H3. The maximum Gasteiger partial charge on any atom is 0.133 e. The van der Waals surface area contributed by atoms with Crippen molar-refractivity contribution in [2.75, 3.05) is 0 Å². The van der Waals surface area contributed by atoms with E-state index in [2.05, 4.69) is 13.8 Å². The maximum atomic E-state index is 12.1. The number of rotatable bonds is 0. The Kier molecular flexibility index (Phi) is 3.49. The summed E-state index contributed by atoms with van der Waals surface area (Å²) in [5.74, 6) is 4.35. The van der Waals surface area contributed by atoms with E-state index in [1.54, 1.807) is 0 Å². The largest absolute Gasteiger partial charge is 0.325 e. The van der Waals surface area contributed by atoms with Crippen LogP contribution in [0.25, 0.3) is 0 Å². The summed E-state index contributed by atoms with van der Waals surface area (Å²) in [6.45, 7) is 4.92. The van der Waals surface area contributed by atoms with Crippen LogP contribution in [0, 0.1) is 35.0 Å². The zero-order valence-electron chi connectivity index (χ0n) is 14.4. The summed E-state index contributed by atoms with van der Waals surface area (Å²) in [6, 6.07) is 0. The third kappa shape index (κ3) is 1.98. The Morgan fingerprint density at radius 2 is 1.86 bits per heavy atom. The van der Waals surface area contributed by atoms with Gasteiger partial charge in [-0.15, -0.1) is 0 Å². The van der Waals surface area contributed by atoms with Gasteiger partial charge in [-0.1, -0.05) is 13.8 Å². The fraction of sp³-hybridized carbons (Fsp3) is 0.950. The van der Waals surface area contributed by atoms with E-state index >= 15 is 0 Å². The minimum atomic E-state index is 0.130. The van der Waals surface area contributed by atoms with Gasteiger partial charge in [0.25, 0.3) is 0 Å². The van der Waals surface area contributed by atoms with Crippen molar-refractivity contribution in [3.05, 3.63) is 0 Å². The number of carbonyl (C=O) groups excluding carboxylic acids is 1. The van der Waals surface area contributed by atoms with Crippen molar-refractivity contribution in [3.8, 4) is 0 Å². The Morgan fingerprint density at radius 1 is 1.05 bits per heavy atom. The van der Waals surface area contributed by atoms with E-state index in [0.717, 1.165) is 37.0 Å². The second-order valence-electron chi connectivity index (χ2n) is 9.38. The highest BCUT2D eigenvalue weighted by molar-refractivity contribution is 5.79. The zero-order chi connectivity index (χ0) is 15.5. The lowest BCUT2D eigenvalue weighted by atomic mass is 9.47.